The zero-order chi connectivity index (χ0) is 18.6. The van der Waals surface area contributed by atoms with Crippen molar-refractivity contribution in [1.29, 1.82) is 0 Å². The molecule has 0 radical (unpaired) electrons. The molecule has 4 aliphatic rings. The molecule has 1 amide bonds. The van der Waals surface area contributed by atoms with Crippen LogP contribution < -0.4 is 0 Å². The number of terminal acetylenes is 1. The maximum absolute atomic E-state index is 12.4. The second-order valence-electron chi connectivity index (χ2n) is 7.27. The summed E-state index contributed by atoms with van der Waals surface area (Å²) in [4.78, 5) is 25.1. The van der Waals surface area contributed by atoms with Crippen LogP contribution in [0, 0.1) is 12.3 Å². The van der Waals surface area contributed by atoms with Gasteiger partial charge in [-0.3, -0.25) is 14.5 Å². The van der Waals surface area contributed by atoms with Crippen LogP contribution >= 0.6 is 0 Å². The molecule has 3 aliphatic heterocycles. The molecular weight excluding hydrogens is 342 g/mol. The first-order chi connectivity index (χ1) is 12.4. The predicted octanol–water partition coefficient (Wildman–Crippen LogP) is -0.561. The molecule has 0 aromatic heterocycles. The van der Waals surface area contributed by atoms with E-state index in [-0.39, 0.29) is 12.2 Å². The van der Waals surface area contributed by atoms with Crippen molar-refractivity contribution in [3.8, 4) is 12.3 Å². The van der Waals surface area contributed by atoms with Crippen molar-refractivity contribution in [3.63, 3.8) is 0 Å². The third-order valence-electron chi connectivity index (χ3n) is 5.68. The van der Waals surface area contributed by atoms with Gasteiger partial charge in [-0.2, -0.15) is 0 Å². The molecule has 0 bridgehead atoms. The fourth-order valence-corrected chi connectivity index (χ4v) is 4.36. The summed E-state index contributed by atoms with van der Waals surface area (Å²) in [6.07, 6.45) is 9.11. The van der Waals surface area contributed by atoms with Crippen LogP contribution in [0.2, 0.25) is 0 Å². The maximum Gasteiger partial charge on any atom is 0.236 e. The van der Waals surface area contributed by atoms with Gasteiger partial charge < -0.3 is 24.4 Å². The fourth-order valence-electron chi connectivity index (χ4n) is 4.36. The number of aliphatic hydroxyl groups is 2. The van der Waals surface area contributed by atoms with Gasteiger partial charge in [-0.05, 0) is 18.9 Å². The van der Waals surface area contributed by atoms with Gasteiger partial charge in [-0.25, -0.2) is 0 Å². The van der Waals surface area contributed by atoms with Gasteiger partial charge in [0.15, 0.2) is 17.8 Å². The number of hydrogen-bond donors (Lipinski definition) is 2. The van der Waals surface area contributed by atoms with Gasteiger partial charge in [0.1, 0.15) is 11.7 Å². The molecule has 0 aromatic rings. The summed E-state index contributed by atoms with van der Waals surface area (Å²) in [5.74, 6) is 0.871. The number of carbonyl (C=O) groups is 2. The van der Waals surface area contributed by atoms with Crippen LogP contribution in [0.25, 0.3) is 0 Å². The van der Waals surface area contributed by atoms with Crippen LogP contribution in [0.15, 0.2) is 12.3 Å². The monoisotopic (exact) mass is 363 g/mol. The summed E-state index contributed by atoms with van der Waals surface area (Å²) in [6, 6.07) is 0. The Kier molecular flexibility index (Phi) is 3.99. The van der Waals surface area contributed by atoms with E-state index >= 15 is 0 Å². The van der Waals surface area contributed by atoms with E-state index in [0.29, 0.717) is 12.8 Å². The predicted molar refractivity (Wildman–Crippen MR) is 86.1 cm³/mol. The molecule has 0 unspecified atom stereocenters. The molecule has 140 valence electrons. The van der Waals surface area contributed by atoms with E-state index in [0.717, 1.165) is 12.8 Å². The zero-order valence-electron chi connectivity index (χ0n) is 14.2. The third kappa shape index (κ3) is 2.22. The summed E-state index contributed by atoms with van der Waals surface area (Å²) < 4.78 is 18.3. The molecule has 3 heterocycles. The Morgan fingerprint density at radius 2 is 1.92 bits per heavy atom. The first-order valence-electron chi connectivity index (χ1n) is 8.72. The Morgan fingerprint density at radius 3 is 2.50 bits per heavy atom. The van der Waals surface area contributed by atoms with Gasteiger partial charge in [0.05, 0.1) is 19.6 Å². The largest absolute Gasteiger partial charge is 0.393 e. The molecule has 3 atom stereocenters. The number of amides is 1. The van der Waals surface area contributed by atoms with Crippen molar-refractivity contribution in [3.05, 3.63) is 12.3 Å². The Hall–Kier alpha value is -1.76. The number of hydrogen-bond acceptors (Lipinski definition) is 7. The lowest BCUT2D eigenvalue weighted by atomic mass is 9.87. The number of ether oxygens (including phenoxy) is 3. The quantitative estimate of drug-likeness (QED) is 0.511. The van der Waals surface area contributed by atoms with Gasteiger partial charge in [0, 0.05) is 19.0 Å². The Bertz CT molecular complexity index is 701. The number of allylic oxidation sites excluding steroid dienone is 1. The van der Waals surface area contributed by atoms with Gasteiger partial charge in [-0.1, -0.05) is 5.92 Å². The second-order valence-corrected chi connectivity index (χ2v) is 7.27. The minimum absolute atomic E-state index is 0.307. The van der Waals surface area contributed by atoms with E-state index < -0.39 is 48.4 Å². The third-order valence-corrected chi connectivity index (χ3v) is 5.68. The smallest absolute Gasteiger partial charge is 0.236 e. The van der Waals surface area contributed by atoms with Crippen molar-refractivity contribution in [2.24, 2.45) is 0 Å². The van der Waals surface area contributed by atoms with Crippen LogP contribution in [0.5, 0.6) is 0 Å². The number of aliphatic hydroxyl groups excluding tert-OH is 2. The van der Waals surface area contributed by atoms with E-state index in [1.54, 1.807) is 0 Å². The van der Waals surface area contributed by atoms with E-state index in [1.807, 2.05) is 0 Å². The molecule has 8 heteroatoms. The number of rotatable bonds is 3. The molecule has 2 saturated heterocycles. The molecule has 1 spiro atoms. The minimum atomic E-state index is -1.52. The van der Waals surface area contributed by atoms with Crippen LogP contribution in [0.4, 0.5) is 0 Å². The van der Waals surface area contributed by atoms with Gasteiger partial charge >= 0.3 is 0 Å². The average Bonchev–Trinajstić information content (AvgIpc) is 3.29. The highest BCUT2D eigenvalue weighted by Crippen LogP contribution is 2.56. The first kappa shape index (κ1) is 17.6. The molecule has 26 heavy (non-hydrogen) atoms. The van der Waals surface area contributed by atoms with Crippen LogP contribution in [-0.4, -0.2) is 69.3 Å². The van der Waals surface area contributed by atoms with Gasteiger partial charge in [0.25, 0.3) is 0 Å². The first-order valence-corrected chi connectivity index (χ1v) is 8.72. The van der Waals surface area contributed by atoms with E-state index in [2.05, 4.69) is 5.92 Å². The summed E-state index contributed by atoms with van der Waals surface area (Å²) in [5, 5.41) is 19.9. The molecule has 0 aromatic carbocycles. The van der Waals surface area contributed by atoms with Gasteiger partial charge in [0.2, 0.25) is 11.5 Å². The Balaban J connectivity index is 1.79. The summed E-state index contributed by atoms with van der Waals surface area (Å²) >= 11 is 0. The maximum atomic E-state index is 12.4. The Labute approximate surface area is 150 Å². The van der Waals surface area contributed by atoms with Crippen LogP contribution in [0.3, 0.4) is 0 Å². The second kappa shape index (κ2) is 5.87. The lowest BCUT2D eigenvalue weighted by Gasteiger charge is -2.37. The summed E-state index contributed by atoms with van der Waals surface area (Å²) in [7, 11) is 0. The number of nitrogens with zero attached hydrogens (tertiary/aromatic N) is 1. The minimum Gasteiger partial charge on any atom is -0.393 e. The summed E-state index contributed by atoms with van der Waals surface area (Å²) in [6.45, 7) is -1.11. The van der Waals surface area contributed by atoms with Crippen molar-refractivity contribution in [2.75, 3.05) is 13.2 Å². The Morgan fingerprint density at radius 1 is 1.23 bits per heavy atom. The number of carbonyl (C=O) groups excluding carboxylic acids is 2. The van der Waals surface area contributed by atoms with Crippen molar-refractivity contribution < 1.29 is 34.0 Å². The number of fused-ring (bicyclic) bond motifs is 1. The molecular formula is C18H21NO7. The molecule has 3 fully saturated rings. The van der Waals surface area contributed by atoms with Crippen LogP contribution in [0.1, 0.15) is 32.1 Å². The van der Waals surface area contributed by atoms with Crippen molar-refractivity contribution >= 4 is 11.7 Å². The van der Waals surface area contributed by atoms with Crippen LogP contribution in [-0.2, 0) is 23.8 Å². The SMILES string of the molecule is C#C[C@@]12OC3(CCCC3)O[C@@H]1C(CO)(CO)O[C@H]2N1C=CC(=O)CC1=O. The lowest BCUT2D eigenvalue weighted by Crippen LogP contribution is -2.55. The molecule has 1 saturated carbocycles. The normalized spacial score (nSPS) is 37.3. The van der Waals surface area contributed by atoms with E-state index in [1.165, 1.54) is 17.2 Å². The highest BCUT2D eigenvalue weighted by molar-refractivity contribution is 6.06. The van der Waals surface area contributed by atoms with E-state index in [9.17, 15) is 19.8 Å². The zero-order valence-corrected chi connectivity index (χ0v) is 14.2. The standard InChI is InChI=1S/C18H21NO7/c1-2-18-14(24-17(26-18)6-3-4-7-17)16(10-20,11-21)25-15(18)19-8-5-12(22)9-13(19)23/h1,5,8,14-15,20-21H,3-4,6-7,9-11H2/t14-,15-,18-/m1/s1. The highest BCUT2D eigenvalue weighted by Gasteiger charge is 2.74. The van der Waals surface area contributed by atoms with Gasteiger partial charge in [-0.15, -0.1) is 6.42 Å². The molecule has 2 N–H and O–H groups in total. The van der Waals surface area contributed by atoms with Crippen molar-refractivity contribution in [2.45, 2.75) is 61.4 Å². The molecule has 1 aliphatic carbocycles. The summed E-state index contributed by atoms with van der Waals surface area (Å²) in [5.41, 5.74) is -3.01. The fraction of sp³-hybridized carbons (Fsp3) is 0.667. The van der Waals surface area contributed by atoms with E-state index in [4.69, 9.17) is 20.6 Å². The lowest BCUT2D eigenvalue weighted by molar-refractivity contribution is -0.254. The highest BCUT2D eigenvalue weighted by atomic mass is 16.8. The molecule has 8 nitrogen and oxygen atoms in total. The molecule has 4 rings (SSSR count). The van der Waals surface area contributed by atoms with Crippen molar-refractivity contribution in [1.82, 2.24) is 4.90 Å². The topological polar surface area (TPSA) is 106 Å². The average molecular weight is 363 g/mol. The number of ketones is 1.